The molecule has 0 amide bonds. The molecule has 0 aromatic heterocycles. The summed E-state index contributed by atoms with van der Waals surface area (Å²) >= 11 is 0. The summed E-state index contributed by atoms with van der Waals surface area (Å²) in [7, 11) is 0. The highest BCUT2D eigenvalue weighted by Gasteiger charge is 2.29. The summed E-state index contributed by atoms with van der Waals surface area (Å²) in [5, 5.41) is 0. The Bertz CT molecular complexity index is 703. The van der Waals surface area contributed by atoms with Gasteiger partial charge in [-0.3, -0.25) is 4.79 Å². The Labute approximate surface area is 152 Å². The van der Waals surface area contributed by atoms with Gasteiger partial charge >= 0.3 is 5.97 Å². The molecule has 25 heavy (non-hydrogen) atoms. The second-order valence-electron chi connectivity index (χ2n) is 7.40. The first-order valence-corrected chi connectivity index (χ1v) is 9.13. The maximum atomic E-state index is 12.6. The fraction of sp³-hybridized carbons (Fsp3) is 0.435. The molecule has 3 atom stereocenters. The van der Waals surface area contributed by atoms with Crippen molar-refractivity contribution in [1.82, 2.24) is 0 Å². The van der Waals surface area contributed by atoms with Gasteiger partial charge in [0.25, 0.3) is 0 Å². The van der Waals surface area contributed by atoms with Crippen molar-refractivity contribution in [1.29, 1.82) is 0 Å². The fourth-order valence-electron chi connectivity index (χ4n) is 3.51. The van der Waals surface area contributed by atoms with Crippen LogP contribution in [-0.2, 0) is 9.53 Å². The lowest BCUT2D eigenvalue weighted by atomic mass is 9.81. The number of rotatable bonds is 6. The molecular formula is C23H30O2. The Morgan fingerprint density at radius 3 is 2.16 bits per heavy atom. The second-order valence-corrected chi connectivity index (χ2v) is 7.40. The predicted octanol–water partition coefficient (Wildman–Crippen LogP) is 5.78. The molecule has 2 aromatic rings. The number of ether oxygens (including phenoxy) is 1. The fourth-order valence-corrected chi connectivity index (χ4v) is 3.51. The number of benzene rings is 2. The SMILES string of the molecule is Cc1ccc(C)c([C@@H](C(C)C)[C@H](C)OC(=O)[C@@H](C)c2ccccc2)c1. The minimum absolute atomic E-state index is 0.158. The van der Waals surface area contributed by atoms with Gasteiger partial charge < -0.3 is 4.74 Å². The quantitative estimate of drug-likeness (QED) is 0.624. The van der Waals surface area contributed by atoms with E-state index in [0.29, 0.717) is 5.92 Å². The number of aryl methyl sites for hydroxylation is 2. The largest absolute Gasteiger partial charge is 0.462 e. The van der Waals surface area contributed by atoms with Gasteiger partial charge in [0, 0.05) is 5.92 Å². The first-order valence-electron chi connectivity index (χ1n) is 9.13. The van der Waals surface area contributed by atoms with Crippen LogP contribution in [0.2, 0.25) is 0 Å². The maximum Gasteiger partial charge on any atom is 0.313 e. The molecule has 2 nitrogen and oxygen atoms in total. The topological polar surface area (TPSA) is 26.3 Å². The molecule has 0 aliphatic carbocycles. The van der Waals surface area contributed by atoms with Gasteiger partial charge in [-0.2, -0.15) is 0 Å². The Morgan fingerprint density at radius 1 is 0.920 bits per heavy atom. The Hall–Kier alpha value is -2.09. The second kappa shape index (κ2) is 8.33. The standard InChI is InChI=1S/C23H30O2/c1-15(2)22(21-14-16(3)12-13-17(21)4)19(6)25-23(24)18(5)20-10-8-7-9-11-20/h7-15,18-19,22H,1-6H3/t18-,19-,22-/m0/s1. The lowest BCUT2D eigenvalue weighted by Gasteiger charge is -2.30. The van der Waals surface area contributed by atoms with Crippen LogP contribution in [0.1, 0.15) is 61.8 Å². The zero-order valence-electron chi connectivity index (χ0n) is 16.2. The van der Waals surface area contributed by atoms with Crippen molar-refractivity contribution in [2.24, 2.45) is 5.92 Å². The first kappa shape index (κ1) is 19.2. The molecule has 134 valence electrons. The first-order chi connectivity index (χ1) is 11.8. The minimum atomic E-state index is -0.255. The highest BCUT2D eigenvalue weighted by atomic mass is 16.5. The van der Waals surface area contributed by atoms with Crippen LogP contribution in [0.3, 0.4) is 0 Å². The van der Waals surface area contributed by atoms with Crippen molar-refractivity contribution in [3.8, 4) is 0 Å². The summed E-state index contributed by atoms with van der Waals surface area (Å²) < 4.78 is 5.90. The molecule has 0 aliphatic rings. The van der Waals surface area contributed by atoms with Crippen molar-refractivity contribution in [2.45, 2.75) is 59.5 Å². The molecule has 0 radical (unpaired) electrons. The van der Waals surface area contributed by atoms with E-state index in [0.717, 1.165) is 5.56 Å². The third kappa shape index (κ3) is 4.72. The van der Waals surface area contributed by atoms with Crippen LogP contribution >= 0.6 is 0 Å². The minimum Gasteiger partial charge on any atom is -0.462 e. The zero-order chi connectivity index (χ0) is 18.6. The average molecular weight is 338 g/mol. The van der Waals surface area contributed by atoms with E-state index in [4.69, 9.17) is 4.74 Å². The Morgan fingerprint density at radius 2 is 1.56 bits per heavy atom. The van der Waals surface area contributed by atoms with Gasteiger partial charge in [-0.15, -0.1) is 0 Å². The molecule has 0 heterocycles. The van der Waals surface area contributed by atoms with Crippen molar-refractivity contribution in [2.75, 3.05) is 0 Å². The van der Waals surface area contributed by atoms with E-state index < -0.39 is 0 Å². The van der Waals surface area contributed by atoms with E-state index in [2.05, 4.69) is 45.9 Å². The van der Waals surface area contributed by atoms with E-state index in [-0.39, 0.29) is 23.9 Å². The normalized spacial score (nSPS) is 14.8. The summed E-state index contributed by atoms with van der Waals surface area (Å²) in [5.41, 5.74) is 4.76. The average Bonchev–Trinajstić information content (AvgIpc) is 2.57. The third-order valence-corrected chi connectivity index (χ3v) is 4.97. The van der Waals surface area contributed by atoms with Crippen LogP contribution in [-0.4, -0.2) is 12.1 Å². The van der Waals surface area contributed by atoms with Crippen LogP contribution in [0.5, 0.6) is 0 Å². The third-order valence-electron chi connectivity index (χ3n) is 4.97. The van der Waals surface area contributed by atoms with E-state index in [1.165, 1.54) is 16.7 Å². The van der Waals surface area contributed by atoms with Crippen molar-refractivity contribution < 1.29 is 9.53 Å². The number of esters is 1. The summed E-state index contributed by atoms with van der Waals surface area (Å²) in [5.74, 6) is 0.159. The van der Waals surface area contributed by atoms with Gasteiger partial charge in [0.05, 0.1) is 5.92 Å². The van der Waals surface area contributed by atoms with Crippen LogP contribution in [0.25, 0.3) is 0 Å². The monoisotopic (exact) mass is 338 g/mol. The molecule has 0 saturated carbocycles. The number of carbonyl (C=O) groups excluding carboxylic acids is 1. The van der Waals surface area contributed by atoms with Gasteiger partial charge in [-0.05, 0) is 50.3 Å². The maximum absolute atomic E-state index is 12.6. The van der Waals surface area contributed by atoms with Crippen molar-refractivity contribution >= 4 is 5.97 Å². The van der Waals surface area contributed by atoms with Crippen LogP contribution in [0.15, 0.2) is 48.5 Å². The molecule has 0 unspecified atom stereocenters. The van der Waals surface area contributed by atoms with Gasteiger partial charge in [-0.1, -0.05) is 67.9 Å². The molecule has 0 aliphatic heterocycles. The highest BCUT2D eigenvalue weighted by molar-refractivity contribution is 5.77. The Kier molecular flexibility index (Phi) is 6.41. The molecule has 0 spiro atoms. The molecule has 0 N–H and O–H groups in total. The molecule has 2 aromatic carbocycles. The number of carbonyl (C=O) groups is 1. The van der Waals surface area contributed by atoms with E-state index >= 15 is 0 Å². The van der Waals surface area contributed by atoms with Crippen molar-refractivity contribution in [3.63, 3.8) is 0 Å². The van der Waals surface area contributed by atoms with E-state index in [1.807, 2.05) is 44.2 Å². The zero-order valence-corrected chi connectivity index (χ0v) is 16.2. The molecule has 2 rings (SSSR count). The molecular weight excluding hydrogens is 308 g/mol. The van der Waals surface area contributed by atoms with Gasteiger partial charge in [0.1, 0.15) is 6.10 Å². The van der Waals surface area contributed by atoms with Crippen LogP contribution in [0.4, 0.5) is 0 Å². The summed E-state index contributed by atoms with van der Waals surface area (Å²) in [6, 6.07) is 16.3. The predicted molar refractivity (Wildman–Crippen MR) is 104 cm³/mol. The van der Waals surface area contributed by atoms with E-state index in [9.17, 15) is 4.79 Å². The summed E-state index contributed by atoms with van der Waals surface area (Å²) in [4.78, 5) is 12.6. The van der Waals surface area contributed by atoms with Crippen LogP contribution < -0.4 is 0 Å². The lowest BCUT2D eigenvalue weighted by molar-refractivity contribution is -0.151. The molecule has 0 saturated heterocycles. The molecule has 0 fully saturated rings. The molecule has 2 heteroatoms. The summed E-state index contributed by atoms with van der Waals surface area (Å²) in [6.07, 6.45) is -0.167. The Balaban J connectivity index is 2.19. The summed E-state index contributed by atoms with van der Waals surface area (Å²) in [6.45, 7) is 12.5. The van der Waals surface area contributed by atoms with E-state index in [1.54, 1.807) is 0 Å². The number of hydrogen-bond donors (Lipinski definition) is 0. The smallest absolute Gasteiger partial charge is 0.313 e. The lowest BCUT2D eigenvalue weighted by Crippen LogP contribution is -2.28. The van der Waals surface area contributed by atoms with Gasteiger partial charge in [0.15, 0.2) is 0 Å². The van der Waals surface area contributed by atoms with Gasteiger partial charge in [0.2, 0.25) is 0 Å². The van der Waals surface area contributed by atoms with Crippen LogP contribution in [0, 0.1) is 19.8 Å². The molecule has 0 bridgehead atoms. The highest BCUT2D eigenvalue weighted by Crippen LogP contribution is 2.33. The number of hydrogen-bond acceptors (Lipinski definition) is 2. The van der Waals surface area contributed by atoms with Crippen molar-refractivity contribution in [3.05, 3.63) is 70.8 Å². The van der Waals surface area contributed by atoms with Gasteiger partial charge in [-0.25, -0.2) is 0 Å².